The van der Waals surface area contributed by atoms with Crippen molar-refractivity contribution in [1.82, 2.24) is 0 Å². The van der Waals surface area contributed by atoms with Crippen LogP contribution in [-0.2, 0) is 4.79 Å². The average Bonchev–Trinajstić information content (AvgIpc) is 3.18. The maximum atomic E-state index is 12.2. The van der Waals surface area contributed by atoms with Gasteiger partial charge in [0.05, 0.1) is 11.8 Å². The highest BCUT2D eigenvalue weighted by molar-refractivity contribution is 6.04. The lowest BCUT2D eigenvalue weighted by Crippen LogP contribution is -2.23. The number of carbonyl (C=O) groups excluding carboxylic acids is 2. The fourth-order valence-electron chi connectivity index (χ4n) is 2.77. The molecule has 1 aliphatic rings. The van der Waals surface area contributed by atoms with E-state index in [0.29, 0.717) is 16.9 Å². The zero-order valence-corrected chi connectivity index (χ0v) is 13.8. The highest BCUT2D eigenvalue weighted by atomic mass is 35.5. The van der Waals surface area contributed by atoms with E-state index in [1.165, 1.54) is 12.5 Å². The van der Waals surface area contributed by atoms with Crippen molar-refractivity contribution in [3.05, 3.63) is 48.4 Å². The lowest BCUT2D eigenvalue weighted by molar-refractivity contribution is -0.119. The number of amides is 2. The maximum absolute atomic E-state index is 12.2. The Morgan fingerprint density at radius 2 is 1.88 bits per heavy atom. The fourth-order valence-corrected chi connectivity index (χ4v) is 2.77. The highest BCUT2D eigenvalue weighted by Gasteiger charge is 2.27. The number of halogens is 1. The number of carbonyl (C=O) groups is 2. The average molecular weight is 350 g/mol. The van der Waals surface area contributed by atoms with Crippen LogP contribution < -0.4 is 16.4 Å². The van der Waals surface area contributed by atoms with Crippen molar-refractivity contribution in [3.8, 4) is 0 Å². The summed E-state index contributed by atoms with van der Waals surface area (Å²) in [5, 5.41) is 5.65. The van der Waals surface area contributed by atoms with Crippen LogP contribution in [0.3, 0.4) is 0 Å². The largest absolute Gasteiger partial charge is 0.472 e. The van der Waals surface area contributed by atoms with Gasteiger partial charge in [-0.1, -0.05) is 6.07 Å². The normalized spacial score (nSPS) is 19.4. The zero-order chi connectivity index (χ0) is 16.2. The Morgan fingerprint density at radius 3 is 2.50 bits per heavy atom. The van der Waals surface area contributed by atoms with Crippen molar-refractivity contribution in [1.29, 1.82) is 0 Å². The summed E-state index contributed by atoms with van der Waals surface area (Å²) in [6, 6.07) is 8.77. The number of furan rings is 1. The van der Waals surface area contributed by atoms with Gasteiger partial charge in [-0.05, 0) is 43.5 Å². The molecule has 2 atom stereocenters. The SMILES string of the molecule is Cl.NC1CCC(C(=O)Nc2cccc(NC(=O)c3ccoc3)c2)C1. The van der Waals surface area contributed by atoms with Crippen molar-refractivity contribution >= 4 is 35.6 Å². The van der Waals surface area contributed by atoms with E-state index in [0.717, 1.165) is 19.3 Å². The van der Waals surface area contributed by atoms with Crippen LogP contribution in [0.15, 0.2) is 47.3 Å². The first kappa shape index (κ1) is 18.0. The van der Waals surface area contributed by atoms with E-state index in [9.17, 15) is 9.59 Å². The molecule has 3 rings (SSSR count). The molecule has 1 aromatic carbocycles. The minimum Gasteiger partial charge on any atom is -0.472 e. The molecule has 128 valence electrons. The number of rotatable bonds is 4. The number of nitrogens with two attached hydrogens (primary N) is 1. The van der Waals surface area contributed by atoms with Crippen molar-refractivity contribution < 1.29 is 14.0 Å². The first-order valence-corrected chi connectivity index (χ1v) is 7.62. The minimum absolute atomic E-state index is 0. The van der Waals surface area contributed by atoms with Crippen molar-refractivity contribution in [2.45, 2.75) is 25.3 Å². The molecule has 2 amide bonds. The van der Waals surface area contributed by atoms with E-state index in [1.54, 1.807) is 30.3 Å². The van der Waals surface area contributed by atoms with Crippen LogP contribution in [0.4, 0.5) is 11.4 Å². The van der Waals surface area contributed by atoms with Crippen LogP contribution in [0.1, 0.15) is 29.6 Å². The van der Waals surface area contributed by atoms with Crippen LogP contribution in [0.25, 0.3) is 0 Å². The summed E-state index contributed by atoms with van der Waals surface area (Å²) >= 11 is 0. The lowest BCUT2D eigenvalue weighted by Gasteiger charge is -2.12. The third kappa shape index (κ3) is 4.37. The summed E-state index contributed by atoms with van der Waals surface area (Å²) in [5.74, 6) is -0.311. The van der Waals surface area contributed by atoms with Crippen LogP contribution in [-0.4, -0.2) is 17.9 Å². The van der Waals surface area contributed by atoms with E-state index in [1.807, 2.05) is 0 Å². The number of hydrogen-bond donors (Lipinski definition) is 3. The summed E-state index contributed by atoms with van der Waals surface area (Å²) in [7, 11) is 0. The highest BCUT2D eigenvalue weighted by Crippen LogP contribution is 2.26. The van der Waals surface area contributed by atoms with Gasteiger partial charge in [0.1, 0.15) is 6.26 Å². The van der Waals surface area contributed by atoms with E-state index in [-0.39, 0.29) is 36.2 Å². The number of benzene rings is 1. The lowest BCUT2D eigenvalue weighted by atomic mass is 10.1. The molecule has 6 nitrogen and oxygen atoms in total. The summed E-state index contributed by atoms with van der Waals surface area (Å²) in [6.07, 6.45) is 5.26. The molecule has 1 aliphatic carbocycles. The second-order valence-corrected chi connectivity index (χ2v) is 5.81. The molecule has 0 saturated heterocycles. The maximum Gasteiger partial charge on any atom is 0.258 e. The summed E-state index contributed by atoms with van der Waals surface area (Å²) in [5.41, 5.74) is 7.55. The number of nitrogens with one attached hydrogen (secondary N) is 2. The Hall–Kier alpha value is -2.31. The molecule has 1 heterocycles. The molecule has 24 heavy (non-hydrogen) atoms. The molecule has 0 bridgehead atoms. The number of hydrogen-bond acceptors (Lipinski definition) is 4. The molecule has 2 unspecified atom stereocenters. The molecular formula is C17H20ClN3O3. The van der Waals surface area contributed by atoms with Crippen molar-refractivity contribution in [2.75, 3.05) is 10.6 Å². The van der Waals surface area contributed by atoms with Crippen molar-refractivity contribution in [3.63, 3.8) is 0 Å². The Labute approximate surface area is 146 Å². The molecule has 4 N–H and O–H groups in total. The molecule has 0 radical (unpaired) electrons. The van der Waals surface area contributed by atoms with Gasteiger partial charge in [0.25, 0.3) is 5.91 Å². The molecule has 1 fully saturated rings. The van der Waals surface area contributed by atoms with Crippen LogP contribution in [0.2, 0.25) is 0 Å². The van der Waals surface area contributed by atoms with Gasteiger partial charge in [-0.2, -0.15) is 0 Å². The Morgan fingerprint density at radius 1 is 1.12 bits per heavy atom. The van der Waals surface area contributed by atoms with E-state index in [2.05, 4.69) is 10.6 Å². The molecule has 1 saturated carbocycles. The molecule has 2 aromatic rings. The summed E-state index contributed by atoms with van der Waals surface area (Å²) < 4.78 is 4.89. The van der Waals surface area contributed by atoms with Gasteiger partial charge in [0, 0.05) is 23.3 Å². The van der Waals surface area contributed by atoms with Crippen LogP contribution in [0.5, 0.6) is 0 Å². The molecule has 1 aromatic heterocycles. The van der Waals surface area contributed by atoms with E-state index in [4.69, 9.17) is 10.2 Å². The standard InChI is InChI=1S/C17H19N3O3.ClH/c18-13-5-4-11(8-13)16(21)19-14-2-1-3-15(9-14)20-17(22)12-6-7-23-10-12;/h1-3,6-7,9-11,13H,4-5,8,18H2,(H,19,21)(H,20,22);1H. The Balaban J connectivity index is 0.00000208. The molecule has 0 aliphatic heterocycles. The smallest absolute Gasteiger partial charge is 0.258 e. The van der Waals surface area contributed by atoms with Gasteiger partial charge in [-0.3, -0.25) is 9.59 Å². The Bertz CT molecular complexity index is 703. The first-order chi connectivity index (χ1) is 11.1. The second-order valence-electron chi connectivity index (χ2n) is 5.81. The predicted molar refractivity (Wildman–Crippen MR) is 94.3 cm³/mol. The van der Waals surface area contributed by atoms with Crippen LogP contribution in [0, 0.1) is 5.92 Å². The molecule has 0 spiro atoms. The number of anilines is 2. The molecular weight excluding hydrogens is 330 g/mol. The summed E-state index contributed by atoms with van der Waals surface area (Å²) in [6.45, 7) is 0. The van der Waals surface area contributed by atoms with E-state index < -0.39 is 0 Å². The van der Waals surface area contributed by atoms with Gasteiger partial charge in [0.15, 0.2) is 0 Å². The van der Waals surface area contributed by atoms with Crippen LogP contribution >= 0.6 is 12.4 Å². The van der Waals surface area contributed by atoms with Gasteiger partial charge in [-0.25, -0.2) is 0 Å². The minimum atomic E-state index is -0.260. The van der Waals surface area contributed by atoms with Crippen molar-refractivity contribution in [2.24, 2.45) is 11.7 Å². The quantitative estimate of drug-likeness (QED) is 0.790. The second kappa shape index (κ2) is 7.99. The monoisotopic (exact) mass is 349 g/mol. The van der Waals surface area contributed by atoms with Gasteiger partial charge in [0.2, 0.25) is 5.91 Å². The fraction of sp³-hybridized carbons (Fsp3) is 0.294. The summed E-state index contributed by atoms with van der Waals surface area (Å²) in [4.78, 5) is 24.2. The van der Waals surface area contributed by atoms with E-state index >= 15 is 0 Å². The predicted octanol–water partition coefficient (Wildman–Crippen LogP) is 3.02. The Kier molecular flexibility index (Phi) is 6.00. The third-order valence-electron chi connectivity index (χ3n) is 4.02. The third-order valence-corrected chi connectivity index (χ3v) is 4.02. The van der Waals surface area contributed by atoms with Gasteiger partial charge < -0.3 is 20.8 Å². The first-order valence-electron chi connectivity index (χ1n) is 7.62. The zero-order valence-electron chi connectivity index (χ0n) is 13.0. The molecule has 7 heteroatoms. The topological polar surface area (TPSA) is 97.4 Å². The van der Waals surface area contributed by atoms with Gasteiger partial charge >= 0.3 is 0 Å². The van der Waals surface area contributed by atoms with Gasteiger partial charge in [-0.15, -0.1) is 12.4 Å².